The number of amides is 1. The first-order valence-corrected chi connectivity index (χ1v) is 7.32. The molecule has 0 spiro atoms. The average Bonchev–Trinajstić information content (AvgIpc) is 2.35. The van der Waals surface area contributed by atoms with Crippen molar-refractivity contribution in [3.8, 4) is 0 Å². The predicted molar refractivity (Wildman–Crippen MR) is 84.5 cm³/mol. The number of aliphatic carboxylic acids is 1. The Hall–Kier alpha value is -1.84. The molecule has 0 radical (unpaired) electrons. The fraction of sp³-hybridized carbons (Fsp3) is 0.529. The number of carboxylic acid groups (broad SMARTS) is 1. The van der Waals surface area contributed by atoms with Crippen molar-refractivity contribution >= 4 is 17.6 Å². The number of nitrogens with zero attached hydrogens (tertiary/aromatic N) is 1. The summed E-state index contributed by atoms with van der Waals surface area (Å²) in [7, 11) is 0. The van der Waals surface area contributed by atoms with Crippen molar-refractivity contribution in [1.82, 2.24) is 0 Å². The largest absolute Gasteiger partial charge is 0.481 e. The molecule has 0 saturated carbocycles. The molecule has 116 valence electrons. The fourth-order valence-electron chi connectivity index (χ4n) is 2.25. The van der Waals surface area contributed by atoms with Crippen LogP contribution in [-0.2, 0) is 9.59 Å². The van der Waals surface area contributed by atoms with Crippen LogP contribution in [0.15, 0.2) is 18.2 Å². The van der Waals surface area contributed by atoms with Crippen LogP contribution in [0, 0.1) is 25.7 Å². The molecule has 1 aromatic rings. The van der Waals surface area contributed by atoms with Gasteiger partial charge in [-0.3, -0.25) is 9.59 Å². The maximum Gasteiger partial charge on any atom is 0.308 e. The Balaban J connectivity index is 3.11. The summed E-state index contributed by atoms with van der Waals surface area (Å²) in [5.41, 5.74) is 2.92. The van der Waals surface area contributed by atoms with E-state index in [1.165, 1.54) is 0 Å². The van der Waals surface area contributed by atoms with Crippen LogP contribution in [0.3, 0.4) is 0 Å². The molecule has 0 aliphatic carbocycles. The summed E-state index contributed by atoms with van der Waals surface area (Å²) < 4.78 is 0. The quantitative estimate of drug-likeness (QED) is 0.874. The number of hydrogen-bond donors (Lipinski definition) is 1. The molecule has 0 aliphatic heterocycles. The molecule has 0 aromatic heterocycles. The van der Waals surface area contributed by atoms with Crippen LogP contribution in [0.25, 0.3) is 0 Å². The van der Waals surface area contributed by atoms with Gasteiger partial charge in [-0.25, -0.2) is 0 Å². The van der Waals surface area contributed by atoms with Gasteiger partial charge in [-0.1, -0.05) is 38.5 Å². The first kappa shape index (κ1) is 17.2. The highest BCUT2D eigenvalue weighted by Crippen LogP contribution is 2.24. The van der Waals surface area contributed by atoms with Crippen LogP contribution in [0.2, 0.25) is 0 Å². The van der Waals surface area contributed by atoms with E-state index in [-0.39, 0.29) is 18.4 Å². The highest BCUT2D eigenvalue weighted by Gasteiger charge is 2.23. The highest BCUT2D eigenvalue weighted by molar-refractivity contribution is 5.94. The lowest BCUT2D eigenvalue weighted by Crippen LogP contribution is -2.38. The van der Waals surface area contributed by atoms with Crippen LogP contribution in [0.1, 0.15) is 38.3 Å². The van der Waals surface area contributed by atoms with E-state index in [1.807, 2.05) is 45.9 Å². The maximum atomic E-state index is 12.5. The number of hydrogen-bond acceptors (Lipinski definition) is 2. The second-order valence-electron chi connectivity index (χ2n) is 6.13. The molecule has 1 rings (SSSR count). The van der Waals surface area contributed by atoms with Gasteiger partial charge in [0.1, 0.15) is 0 Å². The standard InChI is InChI=1S/C17H25NO3/c1-11(2)8-16(19)18(10-14(5)17(20)21)15-7-6-12(3)9-13(15)4/h6-7,9,11,14H,8,10H2,1-5H3,(H,20,21). The minimum atomic E-state index is -0.887. The topological polar surface area (TPSA) is 57.6 Å². The third-order valence-corrected chi connectivity index (χ3v) is 3.41. The molecule has 4 heteroatoms. The monoisotopic (exact) mass is 291 g/mol. The van der Waals surface area contributed by atoms with Crippen LogP contribution < -0.4 is 4.90 Å². The summed E-state index contributed by atoms with van der Waals surface area (Å²) in [5.74, 6) is -1.26. The van der Waals surface area contributed by atoms with E-state index < -0.39 is 11.9 Å². The van der Waals surface area contributed by atoms with Gasteiger partial charge in [0.15, 0.2) is 0 Å². The third-order valence-electron chi connectivity index (χ3n) is 3.41. The zero-order valence-corrected chi connectivity index (χ0v) is 13.5. The highest BCUT2D eigenvalue weighted by atomic mass is 16.4. The number of carbonyl (C=O) groups excluding carboxylic acids is 1. The Labute approximate surface area is 126 Å². The van der Waals surface area contributed by atoms with Crippen molar-refractivity contribution < 1.29 is 14.7 Å². The molecule has 1 aromatic carbocycles. The number of rotatable bonds is 6. The molecular formula is C17H25NO3. The number of anilines is 1. The number of benzene rings is 1. The SMILES string of the molecule is Cc1ccc(N(CC(C)C(=O)O)C(=O)CC(C)C)c(C)c1. The molecule has 0 heterocycles. The van der Waals surface area contributed by atoms with Crippen molar-refractivity contribution in [1.29, 1.82) is 0 Å². The first-order valence-electron chi connectivity index (χ1n) is 7.32. The molecule has 0 aliphatic rings. The smallest absolute Gasteiger partial charge is 0.308 e. The molecule has 1 atom stereocenters. The second-order valence-corrected chi connectivity index (χ2v) is 6.13. The Bertz CT molecular complexity index is 523. The van der Waals surface area contributed by atoms with Crippen LogP contribution in [0.4, 0.5) is 5.69 Å². The van der Waals surface area contributed by atoms with Crippen LogP contribution >= 0.6 is 0 Å². The van der Waals surface area contributed by atoms with Crippen molar-refractivity contribution in [2.24, 2.45) is 11.8 Å². The lowest BCUT2D eigenvalue weighted by Gasteiger charge is -2.27. The summed E-state index contributed by atoms with van der Waals surface area (Å²) >= 11 is 0. The van der Waals surface area contributed by atoms with Gasteiger partial charge in [0.2, 0.25) is 5.91 Å². The van der Waals surface area contributed by atoms with Crippen molar-refractivity contribution in [3.05, 3.63) is 29.3 Å². The fourth-order valence-corrected chi connectivity index (χ4v) is 2.25. The molecule has 4 nitrogen and oxygen atoms in total. The zero-order chi connectivity index (χ0) is 16.2. The summed E-state index contributed by atoms with van der Waals surface area (Å²) in [4.78, 5) is 25.2. The third kappa shape index (κ3) is 4.88. The number of carbonyl (C=O) groups is 2. The van der Waals surface area contributed by atoms with E-state index in [0.29, 0.717) is 6.42 Å². The van der Waals surface area contributed by atoms with Crippen molar-refractivity contribution in [2.75, 3.05) is 11.4 Å². The van der Waals surface area contributed by atoms with E-state index in [9.17, 15) is 9.59 Å². The zero-order valence-electron chi connectivity index (χ0n) is 13.5. The lowest BCUT2D eigenvalue weighted by molar-refractivity contribution is -0.140. The summed E-state index contributed by atoms with van der Waals surface area (Å²) in [6.45, 7) is 9.74. The molecule has 0 saturated heterocycles. The van der Waals surface area contributed by atoms with Gasteiger partial charge < -0.3 is 10.0 Å². The molecule has 21 heavy (non-hydrogen) atoms. The van der Waals surface area contributed by atoms with Crippen molar-refractivity contribution in [2.45, 2.75) is 41.0 Å². The summed E-state index contributed by atoms with van der Waals surface area (Å²) in [5, 5.41) is 9.12. The molecule has 1 N–H and O–H groups in total. The first-order chi connectivity index (χ1) is 9.72. The molecule has 1 amide bonds. The summed E-state index contributed by atoms with van der Waals surface area (Å²) in [6.07, 6.45) is 0.416. The van der Waals surface area contributed by atoms with E-state index in [4.69, 9.17) is 5.11 Å². The predicted octanol–water partition coefficient (Wildman–Crippen LogP) is 3.40. The molecule has 0 bridgehead atoms. The summed E-state index contributed by atoms with van der Waals surface area (Å²) in [6, 6.07) is 5.86. The Morgan fingerprint density at radius 2 is 1.81 bits per heavy atom. The van der Waals surface area contributed by atoms with Gasteiger partial charge in [-0.2, -0.15) is 0 Å². The van der Waals surface area contributed by atoms with E-state index in [2.05, 4.69) is 0 Å². The number of aryl methyl sites for hydroxylation is 2. The molecular weight excluding hydrogens is 266 g/mol. The van der Waals surface area contributed by atoms with Gasteiger partial charge in [-0.05, 0) is 31.4 Å². The lowest BCUT2D eigenvalue weighted by atomic mass is 10.0. The Kier molecular flexibility index (Phi) is 5.94. The minimum absolute atomic E-state index is 0.0231. The van der Waals surface area contributed by atoms with Gasteiger partial charge in [0.25, 0.3) is 0 Å². The Morgan fingerprint density at radius 3 is 2.29 bits per heavy atom. The van der Waals surface area contributed by atoms with Crippen LogP contribution in [0.5, 0.6) is 0 Å². The Morgan fingerprint density at radius 1 is 1.19 bits per heavy atom. The van der Waals surface area contributed by atoms with Gasteiger partial charge in [0, 0.05) is 18.7 Å². The van der Waals surface area contributed by atoms with Crippen molar-refractivity contribution in [3.63, 3.8) is 0 Å². The van der Waals surface area contributed by atoms with Gasteiger partial charge in [-0.15, -0.1) is 0 Å². The average molecular weight is 291 g/mol. The second kappa shape index (κ2) is 7.25. The van der Waals surface area contributed by atoms with Crippen LogP contribution in [-0.4, -0.2) is 23.5 Å². The molecule has 0 fully saturated rings. The van der Waals surface area contributed by atoms with Gasteiger partial charge in [0.05, 0.1) is 5.92 Å². The van der Waals surface area contributed by atoms with Gasteiger partial charge >= 0.3 is 5.97 Å². The molecule has 1 unspecified atom stereocenters. The van der Waals surface area contributed by atoms with E-state index in [0.717, 1.165) is 16.8 Å². The number of carboxylic acids is 1. The normalized spacial score (nSPS) is 12.3. The van der Waals surface area contributed by atoms with E-state index >= 15 is 0 Å². The van der Waals surface area contributed by atoms with E-state index in [1.54, 1.807) is 11.8 Å². The maximum absolute atomic E-state index is 12.5. The minimum Gasteiger partial charge on any atom is -0.481 e.